The Morgan fingerprint density at radius 3 is 2.24 bits per heavy atom. The van der Waals surface area contributed by atoms with Crippen molar-refractivity contribution in [1.29, 1.82) is 0 Å². The number of hydrogen-bond acceptors (Lipinski definition) is 3. The SMILES string of the molecule is CC1(COCCC(N2CCCC2)N(Cc2ccccc2)c2c(Cl)cccc2Cl)CCCCC1. The predicted molar refractivity (Wildman–Crippen MR) is 140 cm³/mol. The largest absolute Gasteiger partial charge is 0.381 e. The van der Waals surface area contributed by atoms with E-state index in [0.29, 0.717) is 15.5 Å². The molecular formula is C28H38Cl2N2O. The van der Waals surface area contributed by atoms with Crippen molar-refractivity contribution < 1.29 is 4.74 Å². The number of ether oxygens (including phenoxy) is 1. The average Bonchev–Trinajstić information content (AvgIpc) is 3.34. The van der Waals surface area contributed by atoms with Crippen LogP contribution in [-0.4, -0.2) is 37.4 Å². The number of halogens is 2. The maximum atomic E-state index is 6.75. The lowest BCUT2D eigenvalue weighted by atomic mass is 9.76. The predicted octanol–water partition coefficient (Wildman–Crippen LogP) is 7.80. The molecule has 1 heterocycles. The van der Waals surface area contributed by atoms with E-state index < -0.39 is 0 Å². The highest BCUT2D eigenvalue weighted by Crippen LogP contribution is 2.38. The van der Waals surface area contributed by atoms with E-state index in [9.17, 15) is 0 Å². The van der Waals surface area contributed by atoms with Gasteiger partial charge in [0.1, 0.15) is 0 Å². The van der Waals surface area contributed by atoms with Gasteiger partial charge >= 0.3 is 0 Å². The van der Waals surface area contributed by atoms with Gasteiger partial charge in [0.2, 0.25) is 0 Å². The Labute approximate surface area is 210 Å². The van der Waals surface area contributed by atoms with E-state index in [1.54, 1.807) is 0 Å². The van der Waals surface area contributed by atoms with Crippen LogP contribution in [-0.2, 0) is 11.3 Å². The molecule has 0 N–H and O–H groups in total. The molecule has 0 spiro atoms. The summed E-state index contributed by atoms with van der Waals surface area (Å²) >= 11 is 13.5. The third kappa shape index (κ3) is 6.66. The van der Waals surface area contributed by atoms with Crippen LogP contribution in [0.3, 0.4) is 0 Å². The van der Waals surface area contributed by atoms with Gasteiger partial charge in [0.25, 0.3) is 0 Å². The second-order valence-electron chi connectivity index (χ2n) is 10.1. The summed E-state index contributed by atoms with van der Waals surface area (Å²) in [5.74, 6) is 0. The average molecular weight is 490 g/mol. The molecule has 5 heteroatoms. The van der Waals surface area contributed by atoms with Crippen LogP contribution in [0.1, 0.15) is 63.9 Å². The molecule has 0 aromatic heterocycles. The lowest BCUT2D eigenvalue weighted by Gasteiger charge is -2.40. The summed E-state index contributed by atoms with van der Waals surface area (Å²) in [5.41, 5.74) is 2.53. The van der Waals surface area contributed by atoms with Crippen molar-refractivity contribution in [3.05, 3.63) is 64.1 Å². The monoisotopic (exact) mass is 488 g/mol. The van der Waals surface area contributed by atoms with E-state index in [1.165, 1.54) is 50.5 Å². The fraction of sp³-hybridized carbons (Fsp3) is 0.571. The number of para-hydroxylation sites is 1. The van der Waals surface area contributed by atoms with Crippen LogP contribution in [0.15, 0.2) is 48.5 Å². The van der Waals surface area contributed by atoms with Crippen LogP contribution in [0.4, 0.5) is 5.69 Å². The maximum absolute atomic E-state index is 6.75. The first-order chi connectivity index (χ1) is 16.1. The van der Waals surface area contributed by atoms with Gasteiger partial charge in [0, 0.05) is 32.7 Å². The summed E-state index contributed by atoms with van der Waals surface area (Å²) in [6, 6.07) is 16.4. The van der Waals surface area contributed by atoms with Crippen LogP contribution in [0.2, 0.25) is 10.0 Å². The fourth-order valence-electron chi connectivity index (χ4n) is 5.51. The van der Waals surface area contributed by atoms with Crippen LogP contribution in [0, 0.1) is 5.41 Å². The number of benzene rings is 2. The molecule has 1 saturated heterocycles. The Balaban J connectivity index is 1.54. The maximum Gasteiger partial charge on any atom is 0.0847 e. The summed E-state index contributed by atoms with van der Waals surface area (Å²) < 4.78 is 6.34. The minimum Gasteiger partial charge on any atom is -0.381 e. The summed E-state index contributed by atoms with van der Waals surface area (Å²) in [4.78, 5) is 5.01. The van der Waals surface area contributed by atoms with Gasteiger partial charge in [0.05, 0.1) is 28.5 Å². The first-order valence-corrected chi connectivity index (χ1v) is 13.4. The van der Waals surface area contributed by atoms with Gasteiger partial charge in [-0.25, -0.2) is 0 Å². The smallest absolute Gasteiger partial charge is 0.0847 e. The van der Waals surface area contributed by atoms with Gasteiger partial charge in [0.15, 0.2) is 0 Å². The van der Waals surface area contributed by atoms with E-state index >= 15 is 0 Å². The first kappa shape index (κ1) is 24.9. The van der Waals surface area contributed by atoms with Crippen molar-refractivity contribution in [2.24, 2.45) is 5.41 Å². The third-order valence-corrected chi connectivity index (χ3v) is 7.98. The molecule has 1 aliphatic carbocycles. The van der Waals surface area contributed by atoms with Crippen LogP contribution >= 0.6 is 23.2 Å². The topological polar surface area (TPSA) is 15.7 Å². The molecule has 0 bridgehead atoms. The molecule has 1 aliphatic heterocycles. The van der Waals surface area contributed by atoms with Gasteiger partial charge in [-0.2, -0.15) is 0 Å². The Morgan fingerprint density at radius 1 is 0.909 bits per heavy atom. The second-order valence-corrected chi connectivity index (χ2v) is 10.9. The number of rotatable bonds is 10. The Kier molecular flexibility index (Phi) is 8.98. The fourth-order valence-corrected chi connectivity index (χ4v) is 6.12. The van der Waals surface area contributed by atoms with Crippen molar-refractivity contribution in [2.45, 2.75) is 71.0 Å². The van der Waals surface area contributed by atoms with Crippen LogP contribution in [0.25, 0.3) is 0 Å². The summed E-state index contributed by atoms with van der Waals surface area (Å²) in [5, 5.41) is 1.41. The zero-order chi connectivity index (χ0) is 23.1. The molecule has 2 aromatic rings. The summed E-state index contributed by atoms with van der Waals surface area (Å²) in [7, 11) is 0. The molecule has 0 radical (unpaired) electrons. The lowest BCUT2D eigenvalue weighted by Crippen LogP contribution is -2.48. The zero-order valence-corrected chi connectivity index (χ0v) is 21.5. The Bertz CT molecular complexity index is 843. The quantitative estimate of drug-likeness (QED) is 0.317. The molecule has 180 valence electrons. The first-order valence-electron chi connectivity index (χ1n) is 12.6. The van der Waals surface area contributed by atoms with Gasteiger partial charge in [-0.15, -0.1) is 0 Å². The summed E-state index contributed by atoms with van der Waals surface area (Å²) in [6.07, 6.45) is 10.2. The van der Waals surface area contributed by atoms with Crippen molar-refractivity contribution in [1.82, 2.24) is 4.90 Å². The van der Waals surface area contributed by atoms with Gasteiger partial charge in [-0.3, -0.25) is 4.90 Å². The molecule has 33 heavy (non-hydrogen) atoms. The van der Waals surface area contributed by atoms with E-state index in [1.807, 2.05) is 18.2 Å². The second kappa shape index (κ2) is 11.9. The number of likely N-dealkylation sites (tertiary alicyclic amines) is 1. The third-order valence-electron chi connectivity index (χ3n) is 7.37. The number of hydrogen-bond donors (Lipinski definition) is 0. The van der Waals surface area contributed by atoms with Crippen molar-refractivity contribution in [3.63, 3.8) is 0 Å². The van der Waals surface area contributed by atoms with Crippen molar-refractivity contribution >= 4 is 28.9 Å². The van der Waals surface area contributed by atoms with E-state index in [2.05, 4.69) is 47.1 Å². The minimum absolute atomic E-state index is 0.198. The Morgan fingerprint density at radius 2 is 1.58 bits per heavy atom. The summed E-state index contributed by atoms with van der Waals surface area (Å²) in [6.45, 7) is 7.00. The van der Waals surface area contributed by atoms with Gasteiger partial charge in [-0.1, -0.05) is 85.8 Å². The van der Waals surface area contributed by atoms with Gasteiger partial charge < -0.3 is 9.64 Å². The zero-order valence-electron chi connectivity index (χ0n) is 19.9. The molecule has 1 saturated carbocycles. The highest BCUT2D eigenvalue weighted by atomic mass is 35.5. The van der Waals surface area contributed by atoms with Crippen molar-refractivity contribution in [2.75, 3.05) is 31.2 Å². The molecule has 1 unspecified atom stereocenters. The van der Waals surface area contributed by atoms with Crippen LogP contribution < -0.4 is 4.90 Å². The van der Waals surface area contributed by atoms with Crippen molar-refractivity contribution in [3.8, 4) is 0 Å². The molecule has 2 fully saturated rings. The standard InChI is InChI=1S/C28H38Cl2N2O/c1-28(16-6-3-7-17-28)22-33-20-15-26(31-18-8-9-19-31)32(21-23-11-4-2-5-12-23)27-24(29)13-10-14-25(27)30/h2,4-5,10-14,26H,3,6-9,15-22H2,1H3. The molecule has 2 aliphatic rings. The van der Waals surface area contributed by atoms with E-state index in [-0.39, 0.29) is 6.17 Å². The number of anilines is 1. The number of nitrogens with zero attached hydrogens (tertiary/aromatic N) is 2. The van der Waals surface area contributed by atoms with Crippen LogP contribution in [0.5, 0.6) is 0 Å². The van der Waals surface area contributed by atoms with E-state index in [4.69, 9.17) is 27.9 Å². The molecule has 4 rings (SSSR count). The molecule has 1 atom stereocenters. The molecular weight excluding hydrogens is 451 g/mol. The normalized spacial score (nSPS) is 19.5. The highest BCUT2D eigenvalue weighted by molar-refractivity contribution is 6.39. The Hall–Kier alpha value is -1.26. The molecule has 2 aromatic carbocycles. The van der Waals surface area contributed by atoms with E-state index in [0.717, 1.165) is 45.0 Å². The lowest BCUT2D eigenvalue weighted by molar-refractivity contribution is 0.0215. The minimum atomic E-state index is 0.198. The molecule has 0 amide bonds. The highest BCUT2D eigenvalue weighted by Gasteiger charge is 2.31. The molecule has 3 nitrogen and oxygen atoms in total. The van der Waals surface area contributed by atoms with Gasteiger partial charge in [-0.05, 0) is 48.8 Å².